The van der Waals surface area contributed by atoms with Crippen LogP contribution in [0.4, 0.5) is 5.69 Å². The highest BCUT2D eigenvalue weighted by molar-refractivity contribution is 6.40. The molecule has 0 saturated carbocycles. The topological polar surface area (TPSA) is 28.2 Å². The fourth-order valence-electron chi connectivity index (χ4n) is 2.53. The Morgan fingerprint density at radius 2 is 1.84 bits per heavy atom. The third-order valence-corrected chi connectivity index (χ3v) is 4.05. The summed E-state index contributed by atoms with van der Waals surface area (Å²) in [5, 5.41) is 5.68. The maximum atomic E-state index is 6.36. The number of nitrogens with zero attached hydrogens (tertiary/aromatic N) is 2. The van der Waals surface area contributed by atoms with Crippen molar-refractivity contribution in [1.82, 2.24) is 10.3 Å². The molecule has 2 heterocycles. The molecule has 0 radical (unpaired) electrons. The molecule has 100 valence electrons. The number of nitrogens with one attached hydrogen (secondary N) is 1. The molecule has 0 bridgehead atoms. The summed E-state index contributed by atoms with van der Waals surface area (Å²) >= 11 is 12.6. The van der Waals surface area contributed by atoms with Gasteiger partial charge in [0.15, 0.2) is 0 Å². The number of pyridine rings is 1. The van der Waals surface area contributed by atoms with Gasteiger partial charge in [-0.2, -0.15) is 0 Å². The van der Waals surface area contributed by atoms with Gasteiger partial charge in [0.05, 0.1) is 15.6 Å². The Hall–Kier alpha value is -1.03. The van der Waals surface area contributed by atoms with Crippen LogP contribution in [0, 0.1) is 6.92 Å². The van der Waals surface area contributed by atoms with Crippen LogP contribution in [0.5, 0.6) is 0 Å². The van der Waals surface area contributed by atoms with E-state index in [1.165, 1.54) is 0 Å². The van der Waals surface area contributed by atoms with Crippen molar-refractivity contribution in [2.75, 3.05) is 31.1 Å². The smallest absolute Gasteiger partial charge is 0.0927 e. The molecule has 1 N–H and O–H groups in total. The van der Waals surface area contributed by atoms with Crippen molar-refractivity contribution in [1.29, 1.82) is 0 Å². The molecular weight excluding hydrogens is 281 g/mol. The van der Waals surface area contributed by atoms with Crippen molar-refractivity contribution in [2.24, 2.45) is 0 Å². The summed E-state index contributed by atoms with van der Waals surface area (Å²) in [6.45, 7) is 5.91. The molecule has 0 amide bonds. The zero-order chi connectivity index (χ0) is 13.4. The number of benzene rings is 1. The van der Waals surface area contributed by atoms with Crippen LogP contribution < -0.4 is 10.2 Å². The fraction of sp³-hybridized carbons (Fsp3) is 0.357. The molecule has 0 atom stereocenters. The molecule has 3 nitrogen and oxygen atoms in total. The molecule has 2 aromatic rings. The molecule has 5 heteroatoms. The second-order valence-electron chi connectivity index (χ2n) is 4.77. The molecule has 3 rings (SSSR count). The SMILES string of the molecule is Cc1cc(N2CCNCC2)c2c(Cl)ccc(Cl)c2n1. The van der Waals surface area contributed by atoms with Crippen molar-refractivity contribution < 1.29 is 0 Å². The van der Waals surface area contributed by atoms with E-state index in [-0.39, 0.29) is 0 Å². The average Bonchev–Trinajstić information content (AvgIpc) is 2.43. The summed E-state index contributed by atoms with van der Waals surface area (Å²) in [5.41, 5.74) is 2.89. The van der Waals surface area contributed by atoms with Crippen LogP contribution in [0.2, 0.25) is 10.0 Å². The quantitative estimate of drug-likeness (QED) is 0.875. The molecule has 1 aliphatic heterocycles. The number of fused-ring (bicyclic) bond motifs is 1. The fourth-order valence-corrected chi connectivity index (χ4v) is 2.98. The minimum atomic E-state index is 0.652. The first-order valence-corrected chi connectivity index (χ1v) is 7.13. The third kappa shape index (κ3) is 2.38. The van der Waals surface area contributed by atoms with Gasteiger partial charge in [-0.1, -0.05) is 23.2 Å². The minimum Gasteiger partial charge on any atom is -0.368 e. The van der Waals surface area contributed by atoms with E-state index in [1.54, 1.807) is 6.07 Å². The van der Waals surface area contributed by atoms with Crippen LogP contribution in [0.25, 0.3) is 10.9 Å². The van der Waals surface area contributed by atoms with Crippen molar-refractivity contribution in [2.45, 2.75) is 6.92 Å². The Morgan fingerprint density at radius 1 is 1.16 bits per heavy atom. The summed E-state index contributed by atoms with van der Waals surface area (Å²) in [6, 6.07) is 5.74. The first kappa shape index (κ1) is 13.0. The Labute approximate surface area is 122 Å². The Kier molecular flexibility index (Phi) is 3.52. The molecule has 1 aromatic heterocycles. The van der Waals surface area contributed by atoms with Crippen LogP contribution >= 0.6 is 23.2 Å². The number of hydrogen-bond donors (Lipinski definition) is 1. The molecule has 1 fully saturated rings. The number of rotatable bonds is 1. The normalized spacial score (nSPS) is 16.1. The molecule has 0 unspecified atom stereocenters. The summed E-state index contributed by atoms with van der Waals surface area (Å²) in [7, 11) is 0. The predicted molar refractivity (Wildman–Crippen MR) is 81.6 cm³/mol. The lowest BCUT2D eigenvalue weighted by Crippen LogP contribution is -2.43. The Balaban J connectivity index is 2.24. The maximum absolute atomic E-state index is 6.36. The van der Waals surface area contributed by atoms with E-state index < -0.39 is 0 Å². The zero-order valence-electron chi connectivity index (χ0n) is 10.7. The van der Waals surface area contributed by atoms with Gasteiger partial charge in [-0.05, 0) is 25.1 Å². The number of aromatic nitrogens is 1. The lowest BCUT2D eigenvalue weighted by atomic mass is 10.1. The van der Waals surface area contributed by atoms with Crippen LogP contribution in [-0.4, -0.2) is 31.2 Å². The van der Waals surface area contributed by atoms with Gasteiger partial charge in [-0.3, -0.25) is 4.98 Å². The van der Waals surface area contributed by atoms with Gasteiger partial charge >= 0.3 is 0 Å². The molecule has 0 spiro atoms. The summed E-state index contributed by atoms with van der Waals surface area (Å²) in [4.78, 5) is 6.88. The van der Waals surface area contributed by atoms with E-state index in [1.807, 2.05) is 13.0 Å². The van der Waals surface area contributed by atoms with Gasteiger partial charge < -0.3 is 10.2 Å². The van der Waals surface area contributed by atoms with Crippen LogP contribution in [0.3, 0.4) is 0 Å². The number of halogens is 2. The van der Waals surface area contributed by atoms with E-state index in [0.717, 1.165) is 48.5 Å². The molecule has 0 aliphatic carbocycles. The third-order valence-electron chi connectivity index (χ3n) is 3.43. The summed E-state index contributed by atoms with van der Waals surface area (Å²) in [5.74, 6) is 0. The predicted octanol–water partition coefficient (Wildman–Crippen LogP) is 3.26. The molecule has 1 aliphatic rings. The number of piperazine rings is 1. The van der Waals surface area contributed by atoms with E-state index in [2.05, 4.69) is 21.3 Å². The Morgan fingerprint density at radius 3 is 2.58 bits per heavy atom. The van der Waals surface area contributed by atoms with Crippen molar-refractivity contribution in [3.05, 3.63) is 33.9 Å². The second kappa shape index (κ2) is 5.16. The molecule has 19 heavy (non-hydrogen) atoms. The molecule has 1 aromatic carbocycles. The van der Waals surface area contributed by atoms with Crippen LogP contribution in [0.1, 0.15) is 5.69 Å². The number of anilines is 1. The van der Waals surface area contributed by atoms with Gasteiger partial charge in [0, 0.05) is 42.9 Å². The number of hydrogen-bond acceptors (Lipinski definition) is 3. The summed E-state index contributed by atoms with van der Waals surface area (Å²) in [6.07, 6.45) is 0. The lowest BCUT2D eigenvalue weighted by molar-refractivity contribution is 0.590. The maximum Gasteiger partial charge on any atom is 0.0927 e. The second-order valence-corrected chi connectivity index (χ2v) is 5.59. The summed E-state index contributed by atoms with van der Waals surface area (Å²) < 4.78 is 0. The van der Waals surface area contributed by atoms with Crippen molar-refractivity contribution in [3.8, 4) is 0 Å². The van der Waals surface area contributed by atoms with E-state index in [9.17, 15) is 0 Å². The van der Waals surface area contributed by atoms with Gasteiger partial charge in [0.1, 0.15) is 0 Å². The van der Waals surface area contributed by atoms with Gasteiger partial charge in [-0.15, -0.1) is 0 Å². The number of aryl methyl sites for hydroxylation is 1. The van der Waals surface area contributed by atoms with Crippen LogP contribution in [-0.2, 0) is 0 Å². The van der Waals surface area contributed by atoms with Crippen molar-refractivity contribution >= 4 is 39.8 Å². The first-order valence-electron chi connectivity index (χ1n) is 6.38. The van der Waals surface area contributed by atoms with Gasteiger partial charge in [-0.25, -0.2) is 0 Å². The zero-order valence-corrected chi connectivity index (χ0v) is 12.2. The molecular formula is C14H15Cl2N3. The van der Waals surface area contributed by atoms with Gasteiger partial charge in [0.25, 0.3) is 0 Å². The molecule has 1 saturated heterocycles. The lowest BCUT2D eigenvalue weighted by Gasteiger charge is -2.30. The van der Waals surface area contributed by atoms with Gasteiger partial charge in [0.2, 0.25) is 0 Å². The van der Waals surface area contributed by atoms with E-state index >= 15 is 0 Å². The van der Waals surface area contributed by atoms with E-state index in [4.69, 9.17) is 23.2 Å². The highest BCUT2D eigenvalue weighted by atomic mass is 35.5. The minimum absolute atomic E-state index is 0.652. The monoisotopic (exact) mass is 295 g/mol. The van der Waals surface area contributed by atoms with Crippen molar-refractivity contribution in [3.63, 3.8) is 0 Å². The standard InChI is InChI=1S/C14H15Cl2N3/c1-9-8-12(19-6-4-17-5-7-19)13-10(15)2-3-11(16)14(13)18-9/h2-3,8,17H,4-7H2,1H3. The van der Waals surface area contributed by atoms with Crippen LogP contribution in [0.15, 0.2) is 18.2 Å². The highest BCUT2D eigenvalue weighted by Crippen LogP contribution is 2.36. The highest BCUT2D eigenvalue weighted by Gasteiger charge is 2.17. The largest absolute Gasteiger partial charge is 0.368 e. The average molecular weight is 296 g/mol. The first-order chi connectivity index (χ1) is 9.16. The van der Waals surface area contributed by atoms with E-state index in [0.29, 0.717) is 10.0 Å². The Bertz CT molecular complexity index is 622.